The molecule has 0 heterocycles. The molecule has 1 N–H and O–H groups in total. The monoisotopic (exact) mass is 440 g/mol. The molecule has 0 fully saturated rings. The molecule has 0 radical (unpaired) electrons. The molecule has 2 atom stereocenters. The predicted octanol–water partition coefficient (Wildman–Crippen LogP) is 4.97. The van der Waals surface area contributed by atoms with E-state index < -0.39 is 20.2 Å². The van der Waals surface area contributed by atoms with Gasteiger partial charge >= 0.3 is 8.60 Å². The quantitative estimate of drug-likeness (QED) is 0.332. The topological polar surface area (TPSA) is 75.0 Å². The molecule has 6 nitrogen and oxygen atoms in total. The summed E-state index contributed by atoms with van der Waals surface area (Å²) < 4.78 is 39.3. The van der Waals surface area contributed by atoms with E-state index >= 15 is 0 Å². The highest BCUT2D eigenvalue weighted by molar-refractivity contribution is 7.41. The molecule has 28 heavy (non-hydrogen) atoms. The number of rotatable bonds is 9. The molecule has 0 saturated carbocycles. The number of hydrogen-bond donors (Lipinski definition) is 1. The highest BCUT2D eigenvalue weighted by atomic mass is 31.2. The van der Waals surface area contributed by atoms with Crippen molar-refractivity contribution in [1.82, 2.24) is 4.90 Å². The van der Waals surface area contributed by atoms with Gasteiger partial charge in [-0.15, -0.1) is 0 Å². The van der Waals surface area contributed by atoms with Crippen LogP contribution in [0.5, 0.6) is 0 Å². The summed E-state index contributed by atoms with van der Waals surface area (Å²) in [5, 5.41) is 16.6. The molecule has 0 aliphatic heterocycles. The van der Waals surface area contributed by atoms with Gasteiger partial charge in [-0.3, -0.25) is 4.90 Å². The van der Waals surface area contributed by atoms with Crippen molar-refractivity contribution in [2.45, 2.75) is 46.1 Å². The van der Waals surface area contributed by atoms with Crippen LogP contribution in [0.15, 0.2) is 18.2 Å². The minimum Gasteiger partial charge on any atom is -0.314 e. The first kappa shape index (κ1) is 29.4. The van der Waals surface area contributed by atoms with Gasteiger partial charge in [0.05, 0.1) is 12.7 Å². The number of nitriles is 1. The molecule has 0 spiro atoms. The summed E-state index contributed by atoms with van der Waals surface area (Å²) in [6.45, 7) is 9.74. The zero-order chi connectivity index (χ0) is 20.9. The van der Waals surface area contributed by atoms with Crippen LogP contribution in [0, 0.1) is 23.0 Å². The van der Waals surface area contributed by atoms with Crippen molar-refractivity contribution in [3.8, 4) is 6.07 Å². The average Bonchev–Trinajstić information content (AvgIpc) is 2.60. The fourth-order valence-electron chi connectivity index (χ4n) is 2.16. The van der Waals surface area contributed by atoms with E-state index in [1.165, 1.54) is 19.2 Å². The maximum Gasteiger partial charge on any atom is 0.362 e. The van der Waals surface area contributed by atoms with Crippen molar-refractivity contribution in [3.63, 3.8) is 0 Å². The standard InChI is InChI=1S/C15H20F2N2.C3H9O4P.H3P/c1-15(2,3)19(9-4-8-18)10-7-12-5-6-13(16)11-14(12)17;1-3-6-8(5-2)7-4;/h5-6,11H,4,7,9-10H2,1-3H3;4H,3H2,1-2H3;1H3. The van der Waals surface area contributed by atoms with E-state index in [0.717, 1.165) is 6.07 Å². The van der Waals surface area contributed by atoms with E-state index in [0.29, 0.717) is 38.1 Å². The lowest BCUT2D eigenvalue weighted by molar-refractivity contribution is -0.151. The Morgan fingerprint density at radius 2 is 1.89 bits per heavy atom. The van der Waals surface area contributed by atoms with Crippen LogP contribution in [0.3, 0.4) is 0 Å². The normalized spacial score (nSPS) is 11.9. The van der Waals surface area contributed by atoms with Gasteiger partial charge in [-0.25, -0.2) is 14.0 Å². The van der Waals surface area contributed by atoms with Crippen molar-refractivity contribution in [2.24, 2.45) is 0 Å². The molecule has 2 unspecified atom stereocenters. The smallest absolute Gasteiger partial charge is 0.314 e. The van der Waals surface area contributed by atoms with Gasteiger partial charge in [0.2, 0.25) is 0 Å². The average molecular weight is 440 g/mol. The molecule has 0 amide bonds. The Kier molecular flexibility index (Phi) is 16.9. The molecular formula is C18H32F2N2O4P2. The summed E-state index contributed by atoms with van der Waals surface area (Å²) in [7, 11) is -0.100. The molecule has 0 aliphatic carbocycles. The lowest BCUT2D eigenvalue weighted by Gasteiger charge is -2.35. The van der Waals surface area contributed by atoms with Crippen LogP contribution in [0.4, 0.5) is 8.78 Å². The van der Waals surface area contributed by atoms with Gasteiger partial charge in [0.1, 0.15) is 11.6 Å². The van der Waals surface area contributed by atoms with Gasteiger partial charge in [0.25, 0.3) is 0 Å². The Hall–Kier alpha value is -0.770. The van der Waals surface area contributed by atoms with E-state index in [1.807, 2.05) is 0 Å². The summed E-state index contributed by atoms with van der Waals surface area (Å²) in [5.74, 6) is -1.06. The molecule has 0 aliphatic rings. The summed E-state index contributed by atoms with van der Waals surface area (Å²) in [4.78, 5) is 2.14. The first-order chi connectivity index (χ1) is 12.7. The number of halogens is 2. The highest BCUT2D eigenvalue weighted by Crippen LogP contribution is 2.36. The highest BCUT2D eigenvalue weighted by Gasteiger charge is 2.20. The zero-order valence-electron chi connectivity index (χ0n) is 17.2. The molecule has 10 heteroatoms. The first-order valence-electron chi connectivity index (χ1n) is 8.54. The summed E-state index contributed by atoms with van der Waals surface area (Å²) in [5.41, 5.74) is 0.431. The Labute approximate surface area is 171 Å². The fraction of sp³-hybridized carbons (Fsp3) is 0.611. The van der Waals surface area contributed by atoms with Crippen LogP contribution in [-0.4, -0.2) is 42.5 Å². The molecule has 1 aromatic carbocycles. The first-order valence-corrected chi connectivity index (χ1v) is 9.63. The summed E-state index contributed by atoms with van der Waals surface area (Å²) in [6, 6.07) is 5.79. The maximum absolute atomic E-state index is 13.5. The second-order valence-electron chi connectivity index (χ2n) is 6.46. The van der Waals surface area contributed by atoms with E-state index in [9.17, 15) is 8.78 Å². The van der Waals surface area contributed by atoms with E-state index in [2.05, 4.69) is 40.9 Å². The van der Waals surface area contributed by atoms with E-state index in [-0.39, 0.29) is 15.4 Å². The molecular weight excluding hydrogens is 408 g/mol. The minimum atomic E-state index is -1.50. The van der Waals surface area contributed by atoms with Crippen LogP contribution in [0.25, 0.3) is 0 Å². The largest absolute Gasteiger partial charge is 0.362 e. The third-order valence-electron chi connectivity index (χ3n) is 3.56. The molecule has 1 aromatic rings. The van der Waals surface area contributed by atoms with Gasteiger partial charge < -0.3 is 9.05 Å². The second kappa shape index (κ2) is 16.1. The SMILES string of the molecule is CC(C)(C)N(CCC#N)CCc1ccc(F)cc1F.CCOP(OC)OO.P. The van der Waals surface area contributed by atoms with Crippen molar-refractivity contribution in [1.29, 1.82) is 5.26 Å². The lowest BCUT2D eigenvalue weighted by atomic mass is 10.0. The molecule has 1 rings (SSSR count). The Balaban J connectivity index is 0. The Morgan fingerprint density at radius 1 is 1.25 bits per heavy atom. The van der Waals surface area contributed by atoms with Gasteiger partial charge in [0.15, 0.2) is 0 Å². The van der Waals surface area contributed by atoms with Crippen molar-refractivity contribution < 1.29 is 27.8 Å². The number of nitrogens with zero attached hydrogens (tertiary/aromatic N) is 2. The van der Waals surface area contributed by atoms with Crippen LogP contribution in [-0.2, 0) is 20.1 Å². The van der Waals surface area contributed by atoms with Crippen LogP contribution >= 0.6 is 18.5 Å². The van der Waals surface area contributed by atoms with Crippen molar-refractivity contribution in [3.05, 3.63) is 35.4 Å². The maximum atomic E-state index is 13.5. The molecule has 0 aromatic heterocycles. The number of benzene rings is 1. The van der Waals surface area contributed by atoms with Crippen LogP contribution in [0.2, 0.25) is 0 Å². The van der Waals surface area contributed by atoms with Gasteiger partial charge in [0, 0.05) is 38.2 Å². The molecule has 162 valence electrons. The zero-order valence-corrected chi connectivity index (χ0v) is 19.6. The Bertz CT molecular complexity index is 580. The van der Waals surface area contributed by atoms with Crippen LogP contribution < -0.4 is 0 Å². The third-order valence-corrected chi connectivity index (χ3v) is 4.46. The van der Waals surface area contributed by atoms with Gasteiger partial charge in [-0.2, -0.15) is 19.8 Å². The van der Waals surface area contributed by atoms with E-state index in [4.69, 9.17) is 15.0 Å². The predicted molar refractivity (Wildman–Crippen MR) is 112 cm³/mol. The molecule has 0 saturated heterocycles. The second-order valence-corrected chi connectivity index (χ2v) is 7.69. The molecule has 0 bridgehead atoms. The Morgan fingerprint density at radius 3 is 2.29 bits per heavy atom. The third kappa shape index (κ3) is 12.6. The number of hydrogen-bond acceptors (Lipinski definition) is 6. The summed E-state index contributed by atoms with van der Waals surface area (Å²) in [6.07, 6.45) is 0.956. The van der Waals surface area contributed by atoms with Crippen molar-refractivity contribution in [2.75, 3.05) is 26.8 Å². The van der Waals surface area contributed by atoms with Crippen molar-refractivity contribution >= 4 is 18.5 Å². The summed E-state index contributed by atoms with van der Waals surface area (Å²) >= 11 is 0. The lowest BCUT2D eigenvalue weighted by Crippen LogP contribution is -2.43. The fourth-order valence-corrected chi connectivity index (χ4v) is 2.59. The van der Waals surface area contributed by atoms with E-state index in [1.54, 1.807) is 6.92 Å². The van der Waals surface area contributed by atoms with Crippen LogP contribution in [0.1, 0.15) is 39.7 Å². The minimum absolute atomic E-state index is 0. The van der Waals surface area contributed by atoms with Gasteiger partial charge in [-0.1, -0.05) is 6.07 Å². The van der Waals surface area contributed by atoms with Gasteiger partial charge in [-0.05, 0) is 45.7 Å².